The standard InChI is InChI=1S/C18H17N3O/c1-2-6-13(7-3-1)15-8-4-5-9-16(15)19-12-17-20-18(21-22-17)14-10-11-14/h1-9,14,19H,10-12H2. The Bertz CT molecular complexity index is 763. The lowest BCUT2D eigenvalue weighted by atomic mass is 10.0. The molecule has 4 rings (SSSR count). The molecule has 0 spiro atoms. The first kappa shape index (κ1) is 13.1. The Morgan fingerprint density at radius 2 is 1.77 bits per heavy atom. The molecule has 0 saturated heterocycles. The van der Waals surface area contributed by atoms with Gasteiger partial charge in [-0.25, -0.2) is 0 Å². The van der Waals surface area contributed by atoms with Crippen LogP contribution in [-0.2, 0) is 6.54 Å². The summed E-state index contributed by atoms with van der Waals surface area (Å²) in [6, 6.07) is 18.6. The number of hydrogen-bond acceptors (Lipinski definition) is 4. The van der Waals surface area contributed by atoms with Gasteiger partial charge in [0.2, 0.25) is 5.89 Å². The molecular formula is C18H17N3O. The molecule has 1 aliphatic rings. The number of benzene rings is 2. The maximum absolute atomic E-state index is 5.31. The fraction of sp³-hybridized carbons (Fsp3) is 0.222. The molecule has 1 N–H and O–H groups in total. The van der Waals surface area contributed by atoms with Gasteiger partial charge in [-0.3, -0.25) is 0 Å². The highest BCUT2D eigenvalue weighted by molar-refractivity contribution is 5.77. The number of nitrogens with one attached hydrogen (secondary N) is 1. The minimum atomic E-state index is 0.522. The summed E-state index contributed by atoms with van der Waals surface area (Å²) < 4.78 is 5.31. The number of anilines is 1. The third-order valence-electron chi connectivity index (χ3n) is 3.87. The van der Waals surface area contributed by atoms with Crippen LogP contribution in [0.4, 0.5) is 5.69 Å². The quantitative estimate of drug-likeness (QED) is 0.764. The third kappa shape index (κ3) is 2.72. The van der Waals surface area contributed by atoms with Gasteiger partial charge in [0, 0.05) is 17.2 Å². The molecule has 0 radical (unpaired) electrons. The fourth-order valence-corrected chi connectivity index (χ4v) is 2.52. The molecular weight excluding hydrogens is 274 g/mol. The predicted molar refractivity (Wildman–Crippen MR) is 85.5 cm³/mol. The van der Waals surface area contributed by atoms with Gasteiger partial charge in [-0.15, -0.1) is 0 Å². The van der Waals surface area contributed by atoms with Crippen LogP contribution in [-0.4, -0.2) is 10.1 Å². The zero-order valence-electron chi connectivity index (χ0n) is 12.2. The second-order valence-electron chi connectivity index (χ2n) is 5.59. The Labute approximate surface area is 129 Å². The van der Waals surface area contributed by atoms with E-state index in [2.05, 4.69) is 39.7 Å². The van der Waals surface area contributed by atoms with Gasteiger partial charge in [0.05, 0.1) is 6.54 Å². The van der Waals surface area contributed by atoms with E-state index in [-0.39, 0.29) is 0 Å². The van der Waals surface area contributed by atoms with Crippen molar-refractivity contribution in [3.63, 3.8) is 0 Å². The van der Waals surface area contributed by atoms with Crippen molar-refractivity contribution in [3.8, 4) is 11.1 Å². The van der Waals surface area contributed by atoms with Crippen LogP contribution in [0, 0.1) is 0 Å². The van der Waals surface area contributed by atoms with Crippen LogP contribution in [0.2, 0.25) is 0 Å². The predicted octanol–water partition coefficient (Wildman–Crippen LogP) is 4.23. The molecule has 4 heteroatoms. The number of rotatable bonds is 5. The first-order valence-corrected chi connectivity index (χ1v) is 7.61. The summed E-state index contributed by atoms with van der Waals surface area (Å²) in [7, 11) is 0. The van der Waals surface area contributed by atoms with Gasteiger partial charge >= 0.3 is 0 Å². The zero-order chi connectivity index (χ0) is 14.8. The second-order valence-corrected chi connectivity index (χ2v) is 5.59. The van der Waals surface area contributed by atoms with Crippen molar-refractivity contribution in [2.45, 2.75) is 25.3 Å². The largest absolute Gasteiger partial charge is 0.376 e. The van der Waals surface area contributed by atoms with Crippen LogP contribution in [0.15, 0.2) is 59.1 Å². The summed E-state index contributed by atoms with van der Waals surface area (Å²) in [5, 5.41) is 7.45. The molecule has 4 nitrogen and oxygen atoms in total. The van der Waals surface area contributed by atoms with E-state index in [1.54, 1.807) is 0 Å². The molecule has 1 saturated carbocycles. The van der Waals surface area contributed by atoms with Gasteiger partial charge in [-0.05, 0) is 24.5 Å². The lowest BCUT2D eigenvalue weighted by Crippen LogP contribution is -2.01. The van der Waals surface area contributed by atoms with Gasteiger partial charge < -0.3 is 9.84 Å². The van der Waals surface area contributed by atoms with E-state index in [0.717, 1.165) is 11.5 Å². The molecule has 2 aromatic carbocycles. The second kappa shape index (κ2) is 5.64. The molecule has 22 heavy (non-hydrogen) atoms. The van der Waals surface area contributed by atoms with Crippen LogP contribution < -0.4 is 5.32 Å². The van der Waals surface area contributed by atoms with Crippen molar-refractivity contribution < 1.29 is 4.52 Å². The average Bonchev–Trinajstić information content (AvgIpc) is 3.33. The van der Waals surface area contributed by atoms with Gasteiger partial charge in [0.15, 0.2) is 5.82 Å². The van der Waals surface area contributed by atoms with Crippen molar-refractivity contribution in [3.05, 3.63) is 66.3 Å². The Kier molecular flexibility index (Phi) is 3.35. The van der Waals surface area contributed by atoms with E-state index in [9.17, 15) is 0 Å². The van der Waals surface area contributed by atoms with Gasteiger partial charge in [0.25, 0.3) is 0 Å². The van der Waals surface area contributed by atoms with Crippen molar-refractivity contribution in [1.29, 1.82) is 0 Å². The van der Waals surface area contributed by atoms with Crippen molar-refractivity contribution in [2.75, 3.05) is 5.32 Å². The molecule has 1 heterocycles. The van der Waals surface area contributed by atoms with E-state index in [4.69, 9.17) is 4.52 Å². The Balaban J connectivity index is 1.52. The van der Waals surface area contributed by atoms with E-state index < -0.39 is 0 Å². The van der Waals surface area contributed by atoms with Gasteiger partial charge in [-0.1, -0.05) is 53.7 Å². The smallest absolute Gasteiger partial charge is 0.245 e. The normalized spacial score (nSPS) is 14.0. The van der Waals surface area contributed by atoms with E-state index >= 15 is 0 Å². The van der Waals surface area contributed by atoms with Crippen LogP contribution in [0.3, 0.4) is 0 Å². The van der Waals surface area contributed by atoms with E-state index in [1.807, 2.05) is 30.3 Å². The maximum Gasteiger partial charge on any atom is 0.245 e. The number of aromatic nitrogens is 2. The van der Waals surface area contributed by atoms with Crippen molar-refractivity contribution >= 4 is 5.69 Å². The maximum atomic E-state index is 5.31. The summed E-state index contributed by atoms with van der Waals surface area (Å²) >= 11 is 0. The highest BCUT2D eigenvalue weighted by atomic mass is 16.5. The van der Waals surface area contributed by atoms with Crippen LogP contribution in [0.5, 0.6) is 0 Å². The summed E-state index contributed by atoms with van der Waals surface area (Å²) in [6.45, 7) is 0.545. The fourth-order valence-electron chi connectivity index (χ4n) is 2.52. The minimum Gasteiger partial charge on any atom is -0.376 e. The monoisotopic (exact) mass is 291 g/mol. The van der Waals surface area contributed by atoms with Gasteiger partial charge in [-0.2, -0.15) is 4.98 Å². The SMILES string of the molecule is c1ccc(-c2ccccc2NCc2nc(C3CC3)no2)cc1. The summed E-state index contributed by atoms with van der Waals surface area (Å²) in [4.78, 5) is 4.45. The average molecular weight is 291 g/mol. The lowest BCUT2D eigenvalue weighted by molar-refractivity contribution is 0.378. The molecule has 1 fully saturated rings. The summed E-state index contributed by atoms with van der Waals surface area (Å²) in [6.07, 6.45) is 2.37. The van der Waals surface area contributed by atoms with Crippen LogP contribution in [0.1, 0.15) is 30.5 Å². The number of hydrogen-bond donors (Lipinski definition) is 1. The molecule has 0 amide bonds. The van der Waals surface area contributed by atoms with Crippen LogP contribution in [0.25, 0.3) is 11.1 Å². The number of nitrogens with zero attached hydrogens (tertiary/aromatic N) is 2. The molecule has 0 unspecified atom stereocenters. The summed E-state index contributed by atoms with van der Waals surface area (Å²) in [5.74, 6) is 2.02. The third-order valence-corrected chi connectivity index (χ3v) is 3.87. The Morgan fingerprint density at radius 1 is 1.00 bits per heavy atom. The molecule has 1 aromatic heterocycles. The Hall–Kier alpha value is -2.62. The molecule has 0 atom stereocenters. The van der Waals surface area contributed by atoms with E-state index in [0.29, 0.717) is 18.4 Å². The molecule has 3 aromatic rings. The first-order chi connectivity index (χ1) is 10.9. The highest BCUT2D eigenvalue weighted by Crippen LogP contribution is 2.38. The topological polar surface area (TPSA) is 51.0 Å². The summed E-state index contributed by atoms with van der Waals surface area (Å²) in [5.41, 5.74) is 3.43. The first-order valence-electron chi connectivity index (χ1n) is 7.61. The minimum absolute atomic E-state index is 0.522. The number of para-hydroxylation sites is 1. The van der Waals surface area contributed by atoms with Crippen molar-refractivity contribution in [1.82, 2.24) is 10.1 Å². The lowest BCUT2D eigenvalue weighted by Gasteiger charge is -2.10. The van der Waals surface area contributed by atoms with Crippen molar-refractivity contribution in [2.24, 2.45) is 0 Å². The highest BCUT2D eigenvalue weighted by Gasteiger charge is 2.28. The molecule has 1 aliphatic carbocycles. The van der Waals surface area contributed by atoms with E-state index in [1.165, 1.54) is 24.0 Å². The molecule has 0 bridgehead atoms. The molecule has 0 aliphatic heterocycles. The zero-order valence-corrected chi connectivity index (χ0v) is 12.2. The molecule has 110 valence electrons. The van der Waals surface area contributed by atoms with Gasteiger partial charge in [0.1, 0.15) is 0 Å². The Morgan fingerprint density at radius 3 is 2.59 bits per heavy atom. The van der Waals surface area contributed by atoms with Crippen LogP contribution >= 0.6 is 0 Å².